The van der Waals surface area contributed by atoms with Gasteiger partial charge in [0.15, 0.2) is 0 Å². The molecule has 2 rings (SSSR count). The van der Waals surface area contributed by atoms with E-state index in [1.54, 1.807) is 6.07 Å². The molecule has 0 aromatic heterocycles. The molecule has 1 aromatic rings. The van der Waals surface area contributed by atoms with Crippen molar-refractivity contribution in [1.82, 2.24) is 5.32 Å². The molecule has 1 N–H and O–H groups in total. The highest BCUT2D eigenvalue weighted by Gasteiger charge is 2.21. The standard InChI is InChI=1S/C16H25FN2/c1-11-6-5-7-19(10-11)16-8-12(2)15(17)9-14(16)13(3)18-4/h8-9,11,13,18H,5-7,10H2,1-4H3. The summed E-state index contributed by atoms with van der Waals surface area (Å²) in [5.74, 6) is 0.614. The molecular weight excluding hydrogens is 239 g/mol. The van der Waals surface area contributed by atoms with Crippen molar-refractivity contribution in [2.24, 2.45) is 5.92 Å². The molecule has 0 radical (unpaired) electrons. The minimum atomic E-state index is -0.106. The molecule has 0 amide bonds. The number of piperidine rings is 1. The van der Waals surface area contributed by atoms with Gasteiger partial charge in [-0.05, 0) is 62.9 Å². The van der Waals surface area contributed by atoms with E-state index in [-0.39, 0.29) is 11.9 Å². The first-order valence-corrected chi connectivity index (χ1v) is 7.25. The van der Waals surface area contributed by atoms with E-state index in [1.807, 2.05) is 20.0 Å². The molecule has 1 fully saturated rings. The summed E-state index contributed by atoms with van der Waals surface area (Å²) in [4.78, 5) is 2.42. The lowest BCUT2D eigenvalue weighted by atomic mass is 9.96. The number of hydrogen-bond acceptors (Lipinski definition) is 2. The fraction of sp³-hybridized carbons (Fsp3) is 0.625. The van der Waals surface area contributed by atoms with Crippen molar-refractivity contribution in [3.8, 4) is 0 Å². The normalized spacial score (nSPS) is 21.5. The van der Waals surface area contributed by atoms with Gasteiger partial charge in [-0.25, -0.2) is 4.39 Å². The van der Waals surface area contributed by atoms with Crippen LogP contribution in [0.2, 0.25) is 0 Å². The van der Waals surface area contributed by atoms with Crippen molar-refractivity contribution in [2.45, 2.75) is 39.7 Å². The topological polar surface area (TPSA) is 15.3 Å². The van der Waals surface area contributed by atoms with Gasteiger partial charge < -0.3 is 10.2 Å². The van der Waals surface area contributed by atoms with Gasteiger partial charge in [0.05, 0.1) is 0 Å². The second-order valence-electron chi connectivity index (χ2n) is 5.86. The van der Waals surface area contributed by atoms with E-state index >= 15 is 0 Å². The van der Waals surface area contributed by atoms with Crippen molar-refractivity contribution in [3.05, 3.63) is 29.1 Å². The quantitative estimate of drug-likeness (QED) is 0.896. The van der Waals surface area contributed by atoms with Crippen LogP contribution < -0.4 is 10.2 Å². The van der Waals surface area contributed by atoms with Gasteiger partial charge in [0.25, 0.3) is 0 Å². The second-order valence-corrected chi connectivity index (χ2v) is 5.86. The average molecular weight is 264 g/mol. The van der Waals surface area contributed by atoms with Gasteiger partial charge in [-0.3, -0.25) is 0 Å². The zero-order chi connectivity index (χ0) is 14.0. The summed E-state index contributed by atoms with van der Waals surface area (Å²) >= 11 is 0. The molecule has 0 aliphatic carbocycles. The first-order valence-electron chi connectivity index (χ1n) is 7.25. The number of nitrogens with one attached hydrogen (secondary N) is 1. The van der Waals surface area contributed by atoms with Crippen LogP contribution >= 0.6 is 0 Å². The number of aryl methyl sites for hydroxylation is 1. The van der Waals surface area contributed by atoms with Crippen LogP contribution in [0.15, 0.2) is 12.1 Å². The molecular formula is C16H25FN2. The van der Waals surface area contributed by atoms with E-state index < -0.39 is 0 Å². The van der Waals surface area contributed by atoms with Gasteiger partial charge in [-0.1, -0.05) is 6.92 Å². The summed E-state index contributed by atoms with van der Waals surface area (Å²) in [5.41, 5.74) is 3.01. The highest BCUT2D eigenvalue weighted by atomic mass is 19.1. The predicted molar refractivity (Wildman–Crippen MR) is 79.2 cm³/mol. The molecule has 2 unspecified atom stereocenters. The molecule has 1 aliphatic heterocycles. The van der Waals surface area contributed by atoms with Gasteiger partial charge in [-0.15, -0.1) is 0 Å². The lowest BCUT2D eigenvalue weighted by Gasteiger charge is -2.35. The van der Waals surface area contributed by atoms with E-state index in [4.69, 9.17) is 0 Å². The number of halogens is 1. The highest BCUT2D eigenvalue weighted by molar-refractivity contribution is 5.57. The monoisotopic (exact) mass is 264 g/mol. The van der Waals surface area contributed by atoms with Crippen LogP contribution in [0.4, 0.5) is 10.1 Å². The van der Waals surface area contributed by atoms with Gasteiger partial charge >= 0.3 is 0 Å². The maximum absolute atomic E-state index is 13.9. The third kappa shape index (κ3) is 3.08. The average Bonchev–Trinajstić information content (AvgIpc) is 2.40. The van der Waals surface area contributed by atoms with Crippen LogP contribution in [0.5, 0.6) is 0 Å². The largest absolute Gasteiger partial charge is 0.371 e. The Bertz CT molecular complexity index is 445. The lowest BCUT2D eigenvalue weighted by molar-refractivity contribution is 0.445. The summed E-state index contributed by atoms with van der Waals surface area (Å²) in [6, 6.07) is 3.88. The summed E-state index contributed by atoms with van der Waals surface area (Å²) in [5, 5.41) is 3.23. The van der Waals surface area contributed by atoms with Gasteiger partial charge in [0.1, 0.15) is 5.82 Å². The van der Waals surface area contributed by atoms with E-state index in [0.717, 1.165) is 30.1 Å². The summed E-state index contributed by atoms with van der Waals surface area (Å²) in [6.45, 7) is 8.39. The summed E-state index contributed by atoms with van der Waals surface area (Å²) < 4.78 is 13.9. The maximum atomic E-state index is 13.9. The van der Waals surface area contributed by atoms with Crippen molar-refractivity contribution in [1.29, 1.82) is 0 Å². The van der Waals surface area contributed by atoms with Crippen LogP contribution in [-0.2, 0) is 0 Å². The molecule has 1 heterocycles. The van der Waals surface area contributed by atoms with Crippen molar-refractivity contribution in [2.75, 3.05) is 25.0 Å². The third-order valence-electron chi connectivity index (χ3n) is 4.21. The molecule has 1 aromatic carbocycles. The fourth-order valence-corrected chi connectivity index (χ4v) is 2.87. The molecule has 1 aliphatic rings. The molecule has 1 saturated heterocycles. The Morgan fingerprint density at radius 1 is 1.42 bits per heavy atom. The molecule has 106 valence electrons. The molecule has 0 bridgehead atoms. The molecule has 0 spiro atoms. The molecule has 3 heteroatoms. The van der Waals surface area contributed by atoms with Gasteiger partial charge in [0.2, 0.25) is 0 Å². The summed E-state index contributed by atoms with van der Waals surface area (Å²) in [7, 11) is 1.92. The smallest absolute Gasteiger partial charge is 0.126 e. The number of nitrogens with zero attached hydrogens (tertiary/aromatic N) is 1. The first kappa shape index (κ1) is 14.3. The molecule has 2 atom stereocenters. The number of rotatable bonds is 3. The van der Waals surface area contributed by atoms with Crippen LogP contribution in [0.3, 0.4) is 0 Å². The van der Waals surface area contributed by atoms with Crippen molar-refractivity contribution >= 4 is 5.69 Å². The summed E-state index contributed by atoms with van der Waals surface area (Å²) in [6.07, 6.45) is 2.53. The van der Waals surface area contributed by atoms with Crippen LogP contribution in [0, 0.1) is 18.7 Å². The predicted octanol–water partition coefficient (Wildman–Crippen LogP) is 3.65. The zero-order valence-electron chi connectivity index (χ0n) is 12.5. The Balaban J connectivity index is 2.39. The van der Waals surface area contributed by atoms with Crippen molar-refractivity contribution in [3.63, 3.8) is 0 Å². The van der Waals surface area contributed by atoms with Gasteiger partial charge in [-0.2, -0.15) is 0 Å². The number of hydrogen-bond donors (Lipinski definition) is 1. The van der Waals surface area contributed by atoms with Gasteiger partial charge in [0, 0.05) is 24.8 Å². The number of benzene rings is 1. The van der Waals surface area contributed by atoms with Crippen molar-refractivity contribution < 1.29 is 4.39 Å². The molecule has 19 heavy (non-hydrogen) atoms. The van der Waals surface area contributed by atoms with Crippen LogP contribution in [0.1, 0.15) is 43.9 Å². The lowest BCUT2D eigenvalue weighted by Crippen LogP contribution is -2.35. The third-order valence-corrected chi connectivity index (χ3v) is 4.21. The Hall–Kier alpha value is -1.09. The Morgan fingerprint density at radius 2 is 2.16 bits per heavy atom. The van der Waals surface area contributed by atoms with E-state index in [1.165, 1.54) is 18.5 Å². The molecule has 2 nitrogen and oxygen atoms in total. The minimum absolute atomic E-state index is 0.106. The van der Waals surface area contributed by atoms with Crippen LogP contribution in [-0.4, -0.2) is 20.1 Å². The first-order chi connectivity index (χ1) is 9.02. The highest BCUT2D eigenvalue weighted by Crippen LogP contribution is 2.32. The molecule has 0 saturated carbocycles. The van der Waals surface area contributed by atoms with E-state index in [0.29, 0.717) is 0 Å². The SMILES string of the molecule is CNC(C)c1cc(F)c(C)cc1N1CCCC(C)C1. The fourth-order valence-electron chi connectivity index (χ4n) is 2.87. The number of anilines is 1. The minimum Gasteiger partial charge on any atom is -0.371 e. The maximum Gasteiger partial charge on any atom is 0.126 e. The second kappa shape index (κ2) is 5.91. The Kier molecular flexibility index (Phi) is 4.46. The Morgan fingerprint density at radius 3 is 2.79 bits per heavy atom. The zero-order valence-corrected chi connectivity index (χ0v) is 12.5. The Labute approximate surface area is 116 Å². The van der Waals surface area contributed by atoms with E-state index in [9.17, 15) is 4.39 Å². The van der Waals surface area contributed by atoms with E-state index in [2.05, 4.69) is 24.1 Å². The van der Waals surface area contributed by atoms with Crippen LogP contribution in [0.25, 0.3) is 0 Å².